The molecule has 0 heterocycles. The second-order valence-electron chi connectivity index (χ2n) is 4.60. The first kappa shape index (κ1) is 12.7. The number of rotatable bonds is 4. The Morgan fingerprint density at radius 3 is 2.47 bits per heavy atom. The Bertz CT molecular complexity index is 320. The van der Waals surface area contributed by atoms with Crippen molar-refractivity contribution in [3.8, 4) is 0 Å². The highest BCUT2D eigenvalue weighted by atomic mass is 79.9. The molecule has 0 aliphatic heterocycles. The van der Waals surface area contributed by atoms with Crippen molar-refractivity contribution in [2.75, 3.05) is 0 Å². The molecule has 0 fully saturated rings. The lowest BCUT2D eigenvalue weighted by molar-refractivity contribution is 0.506. The average Bonchev–Trinajstić information content (AvgIpc) is 2.14. The zero-order chi connectivity index (χ0) is 11.4. The molecule has 0 aromatic heterocycles. The average molecular weight is 270 g/mol. The number of hydrogen-bond donors (Lipinski definition) is 1. The van der Waals surface area contributed by atoms with Gasteiger partial charge in [-0.05, 0) is 42.9 Å². The summed E-state index contributed by atoms with van der Waals surface area (Å²) in [6.07, 6.45) is 2.24. The van der Waals surface area contributed by atoms with Crippen LogP contribution in [0.15, 0.2) is 22.7 Å². The molecule has 0 spiro atoms. The molecule has 0 aliphatic rings. The molecule has 2 N–H and O–H groups in total. The summed E-state index contributed by atoms with van der Waals surface area (Å²) in [5.41, 5.74) is 8.65. The molecule has 0 saturated heterocycles. The van der Waals surface area contributed by atoms with Crippen molar-refractivity contribution in [3.05, 3.63) is 33.8 Å². The summed E-state index contributed by atoms with van der Waals surface area (Å²) >= 11 is 3.57. The van der Waals surface area contributed by atoms with E-state index < -0.39 is 0 Å². The first-order valence-corrected chi connectivity index (χ1v) is 6.31. The second kappa shape index (κ2) is 5.66. The minimum absolute atomic E-state index is 0.155. The van der Waals surface area contributed by atoms with Gasteiger partial charge in [-0.25, -0.2) is 0 Å². The Kier molecular flexibility index (Phi) is 4.81. The monoisotopic (exact) mass is 269 g/mol. The number of hydrogen-bond acceptors (Lipinski definition) is 1. The molecule has 1 atom stereocenters. The Balaban J connectivity index is 2.69. The number of aryl methyl sites for hydroxylation is 1. The predicted molar refractivity (Wildman–Crippen MR) is 69.9 cm³/mol. The van der Waals surface area contributed by atoms with Crippen molar-refractivity contribution < 1.29 is 0 Å². The highest BCUT2D eigenvalue weighted by molar-refractivity contribution is 9.10. The first-order valence-electron chi connectivity index (χ1n) is 5.52. The van der Waals surface area contributed by atoms with Gasteiger partial charge in [-0.1, -0.05) is 41.9 Å². The standard InChI is InChI=1S/C13H20BrN/c1-9(2)4-7-13(15)11-6-5-10(3)8-12(11)14/h5-6,8-9,13H,4,7,15H2,1-3H3/t13-/m1/s1. The van der Waals surface area contributed by atoms with E-state index in [1.54, 1.807) is 0 Å². The van der Waals surface area contributed by atoms with Crippen LogP contribution in [-0.4, -0.2) is 0 Å². The summed E-state index contributed by atoms with van der Waals surface area (Å²) < 4.78 is 1.14. The third kappa shape index (κ3) is 3.96. The lowest BCUT2D eigenvalue weighted by Crippen LogP contribution is -2.11. The van der Waals surface area contributed by atoms with Gasteiger partial charge in [-0.15, -0.1) is 0 Å². The summed E-state index contributed by atoms with van der Waals surface area (Å²) in [5, 5.41) is 0. The van der Waals surface area contributed by atoms with E-state index in [1.165, 1.54) is 17.5 Å². The van der Waals surface area contributed by atoms with Gasteiger partial charge in [-0.3, -0.25) is 0 Å². The zero-order valence-corrected chi connectivity index (χ0v) is 11.3. The number of nitrogens with two attached hydrogens (primary N) is 1. The van der Waals surface area contributed by atoms with E-state index in [0.717, 1.165) is 16.8 Å². The molecule has 1 aromatic rings. The number of halogens is 1. The fraction of sp³-hybridized carbons (Fsp3) is 0.538. The Hall–Kier alpha value is -0.340. The molecular weight excluding hydrogens is 250 g/mol. The maximum absolute atomic E-state index is 6.16. The van der Waals surface area contributed by atoms with Crippen LogP contribution in [0.2, 0.25) is 0 Å². The van der Waals surface area contributed by atoms with E-state index in [-0.39, 0.29) is 6.04 Å². The van der Waals surface area contributed by atoms with Crippen molar-refractivity contribution in [1.82, 2.24) is 0 Å². The van der Waals surface area contributed by atoms with Crippen LogP contribution in [-0.2, 0) is 0 Å². The second-order valence-corrected chi connectivity index (χ2v) is 5.46. The molecule has 84 valence electrons. The third-order valence-electron chi connectivity index (χ3n) is 2.61. The molecular formula is C13H20BrN. The first-order chi connectivity index (χ1) is 7.00. The largest absolute Gasteiger partial charge is 0.324 e. The van der Waals surface area contributed by atoms with Crippen LogP contribution in [0.25, 0.3) is 0 Å². The van der Waals surface area contributed by atoms with E-state index in [4.69, 9.17) is 5.73 Å². The van der Waals surface area contributed by atoms with Crippen molar-refractivity contribution >= 4 is 15.9 Å². The van der Waals surface area contributed by atoms with Gasteiger partial charge in [0.2, 0.25) is 0 Å². The highest BCUT2D eigenvalue weighted by Crippen LogP contribution is 2.26. The van der Waals surface area contributed by atoms with Gasteiger partial charge < -0.3 is 5.73 Å². The maximum Gasteiger partial charge on any atom is 0.0306 e. The summed E-state index contributed by atoms with van der Waals surface area (Å²) in [6, 6.07) is 6.53. The van der Waals surface area contributed by atoms with Crippen LogP contribution < -0.4 is 5.73 Å². The van der Waals surface area contributed by atoms with Crippen molar-refractivity contribution in [2.45, 2.75) is 39.7 Å². The molecule has 1 rings (SSSR count). The van der Waals surface area contributed by atoms with Crippen LogP contribution in [0.3, 0.4) is 0 Å². The minimum atomic E-state index is 0.155. The molecule has 1 aromatic carbocycles. The van der Waals surface area contributed by atoms with E-state index in [2.05, 4.69) is 54.9 Å². The van der Waals surface area contributed by atoms with Gasteiger partial charge in [0.1, 0.15) is 0 Å². The van der Waals surface area contributed by atoms with E-state index >= 15 is 0 Å². The van der Waals surface area contributed by atoms with Gasteiger partial charge in [-0.2, -0.15) is 0 Å². The maximum atomic E-state index is 6.16. The third-order valence-corrected chi connectivity index (χ3v) is 3.30. The molecule has 0 unspecified atom stereocenters. The Morgan fingerprint density at radius 2 is 1.93 bits per heavy atom. The molecule has 0 radical (unpaired) electrons. The summed E-state index contributed by atoms with van der Waals surface area (Å²) in [7, 11) is 0. The quantitative estimate of drug-likeness (QED) is 0.872. The molecule has 2 heteroatoms. The van der Waals surface area contributed by atoms with Gasteiger partial charge in [0.05, 0.1) is 0 Å². The van der Waals surface area contributed by atoms with E-state index in [0.29, 0.717) is 0 Å². The van der Waals surface area contributed by atoms with Crippen molar-refractivity contribution in [1.29, 1.82) is 0 Å². The summed E-state index contributed by atoms with van der Waals surface area (Å²) in [6.45, 7) is 6.56. The van der Waals surface area contributed by atoms with Gasteiger partial charge in [0.15, 0.2) is 0 Å². The molecule has 0 saturated carbocycles. The highest BCUT2D eigenvalue weighted by Gasteiger charge is 2.10. The zero-order valence-electron chi connectivity index (χ0n) is 9.76. The lowest BCUT2D eigenvalue weighted by atomic mass is 9.98. The topological polar surface area (TPSA) is 26.0 Å². The van der Waals surface area contributed by atoms with Gasteiger partial charge in [0, 0.05) is 10.5 Å². The van der Waals surface area contributed by atoms with Crippen LogP contribution in [0, 0.1) is 12.8 Å². The predicted octanol–water partition coefficient (Wildman–Crippen LogP) is 4.19. The van der Waals surface area contributed by atoms with Crippen molar-refractivity contribution in [3.63, 3.8) is 0 Å². The fourth-order valence-corrected chi connectivity index (χ4v) is 2.39. The lowest BCUT2D eigenvalue weighted by Gasteiger charge is -2.15. The SMILES string of the molecule is Cc1ccc([C@H](N)CCC(C)C)c(Br)c1. The summed E-state index contributed by atoms with van der Waals surface area (Å²) in [4.78, 5) is 0. The fourth-order valence-electron chi connectivity index (χ4n) is 1.60. The Morgan fingerprint density at radius 1 is 1.27 bits per heavy atom. The van der Waals surface area contributed by atoms with Gasteiger partial charge in [0.25, 0.3) is 0 Å². The van der Waals surface area contributed by atoms with Crippen LogP contribution >= 0.6 is 15.9 Å². The van der Waals surface area contributed by atoms with Crippen LogP contribution in [0.5, 0.6) is 0 Å². The van der Waals surface area contributed by atoms with E-state index in [1.807, 2.05) is 0 Å². The molecule has 15 heavy (non-hydrogen) atoms. The molecule has 0 bridgehead atoms. The summed E-state index contributed by atoms with van der Waals surface area (Å²) in [5.74, 6) is 0.722. The van der Waals surface area contributed by atoms with Crippen LogP contribution in [0.1, 0.15) is 43.9 Å². The molecule has 0 aliphatic carbocycles. The normalized spacial score (nSPS) is 13.2. The number of benzene rings is 1. The van der Waals surface area contributed by atoms with Crippen molar-refractivity contribution in [2.24, 2.45) is 11.7 Å². The molecule has 0 amide bonds. The Labute approximate surface area is 101 Å². The molecule has 1 nitrogen and oxygen atoms in total. The van der Waals surface area contributed by atoms with Gasteiger partial charge >= 0.3 is 0 Å². The minimum Gasteiger partial charge on any atom is -0.324 e. The van der Waals surface area contributed by atoms with E-state index in [9.17, 15) is 0 Å². The van der Waals surface area contributed by atoms with Crippen LogP contribution in [0.4, 0.5) is 0 Å². The smallest absolute Gasteiger partial charge is 0.0306 e.